The van der Waals surface area contributed by atoms with Gasteiger partial charge in [0, 0.05) is 0 Å². The number of unbranched alkanes of at least 4 members (excludes halogenated alkanes) is 1. The maximum Gasteiger partial charge on any atom is 0.232 e. The first-order valence-electron chi connectivity index (χ1n) is 6.98. The lowest BCUT2D eigenvalue weighted by atomic mass is 10.3. The molecule has 0 radical (unpaired) electrons. The van der Waals surface area contributed by atoms with E-state index in [0.717, 1.165) is 12.1 Å². The molecule has 0 aliphatic carbocycles. The van der Waals surface area contributed by atoms with Gasteiger partial charge in [0.05, 0.1) is 28.3 Å². The molecule has 0 aliphatic rings. The van der Waals surface area contributed by atoms with Crippen LogP contribution in [0, 0.1) is 0 Å². The van der Waals surface area contributed by atoms with Crippen molar-refractivity contribution >= 4 is 38.8 Å². The number of hydrogen-bond acceptors (Lipinski definition) is 4. The molecule has 1 heterocycles. The molecular weight excluding hydrogens is 322 g/mol. The highest BCUT2D eigenvalue weighted by Crippen LogP contribution is 2.24. The third kappa shape index (κ3) is 4.89. The van der Waals surface area contributed by atoms with Gasteiger partial charge in [-0.3, -0.25) is 4.72 Å². The van der Waals surface area contributed by atoms with E-state index in [4.69, 9.17) is 11.6 Å². The number of anilines is 3. The van der Waals surface area contributed by atoms with Gasteiger partial charge in [0.25, 0.3) is 0 Å². The number of pyridine rings is 1. The summed E-state index contributed by atoms with van der Waals surface area (Å²) in [5.41, 5.74) is 1.19. The normalized spacial score (nSPS) is 11.2. The summed E-state index contributed by atoms with van der Waals surface area (Å²) in [6, 6.07) is 10.7. The Bertz CT molecular complexity index is 718. The molecule has 2 N–H and O–H groups in total. The highest BCUT2D eigenvalue weighted by molar-refractivity contribution is 7.92. The summed E-state index contributed by atoms with van der Waals surface area (Å²) < 4.78 is 26.1. The maximum absolute atomic E-state index is 11.8. The van der Waals surface area contributed by atoms with E-state index in [1.165, 1.54) is 6.20 Å². The number of halogens is 1. The van der Waals surface area contributed by atoms with Crippen molar-refractivity contribution in [3.63, 3.8) is 0 Å². The van der Waals surface area contributed by atoms with Crippen LogP contribution in [-0.2, 0) is 10.0 Å². The van der Waals surface area contributed by atoms with Crippen molar-refractivity contribution < 1.29 is 8.42 Å². The topological polar surface area (TPSA) is 71.1 Å². The molecule has 2 rings (SSSR count). The molecule has 0 unspecified atom stereocenters. The predicted octanol–water partition coefficient (Wildman–Crippen LogP) is 4.02. The van der Waals surface area contributed by atoms with E-state index in [1.54, 1.807) is 18.2 Å². The van der Waals surface area contributed by atoms with E-state index < -0.39 is 10.0 Å². The molecule has 0 amide bonds. The SMILES string of the molecule is CCCCS(=O)(=O)Nc1ccc(Nc2ccccc2Cl)nc1. The van der Waals surface area contributed by atoms with Crippen LogP contribution >= 0.6 is 11.6 Å². The number of nitrogens with one attached hydrogen (secondary N) is 2. The van der Waals surface area contributed by atoms with Crippen LogP contribution in [0.3, 0.4) is 0 Å². The Kier molecular flexibility index (Phi) is 5.63. The molecule has 22 heavy (non-hydrogen) atoms. The Morgan fingerprint density at radius 1 is 1.18 bits per heavy atom. The van der Waals surface area contributed by atoms with Gasteiger partial charge in [-0.1, -0.05) is 37.1 Å². The molecule has 118 valence electrons. The van der Waals surface area contributed by atoms with Crippen LogP contribution in [0.15, 0.2) is 42.6 Å². The Balaban J connectivity index is 2.03. The number of benzene rings is 1. The van der Waals surface area contributed by atoms with Gasteiger partial charge >= 0.3 is 0 Å². The van der Waals surface area contributed by atoms with Gasteiger partial charge in [-0.25, -0.2) is 13.4 Å². The Labute approximate surface area is 135 Å². The number of rotatable bonds is 7. The zero-order chi connectivity index (χ0) is 16.0. The first-order valence-corrected chi connectivity index (χ1v) is 9.01. The van der Waals surface area contributed by atoms with Crippen molar-refractivity contribution in [2.24, 2.45) is 0 Å². The molecule has 0 bridgehead atoms. The number of aromatic nitrogens is 1. The minimum absolute atomic E-state index is 0.114. The molecule has 0 saturated heterocycles. The smallest absolute Gasteiger partial charge is 0.232 e. The molecule has 1 aromatic heterocycles. The summed E-state index contributed by atoms with van der Waals surface area (Å²) in [4.78, 5) is 4.18. The van der Waals surface area contributed by atoms with Crippen LogP contribution in [0.1, 0.15) is 19.8 Å². The van der Waals surface area contributed by atoms with Crippen LogP contribution in [0.2, 0.25) is 5.02 Å². The standard InChI is InChI=1S/C15H18ClN3O2S/c1-2-3-10-22(20,21)19-12-8-9-15(17-11-12)18-14-7-5-4-6-13(14)16/h4-9,11,19H,2-3,10H2,1H3,(H,17,18). The van der Waals surface area contributed by atoms with Crippen LogP contribution in [0.5, 0.6) is 0 Å². The Morgan fingerprint density at radius 3 is 2.59 bits per heavy atom. The quantitative estimate of drug-likeness (QED) is 0.799. The third-order valence-corrected chi connectivity index (χ3v) is 4.64. The van der Waals surface area contributed by atoms with Gasteiger partial charge in [0.2, 0.25) is 10.0 Å². The Hall–Kier alpha value is -1.79. The minimum Gasteiger partial charge on any atom is -0.339 e. The van der Waals surface area contributed by atoms with Gasteiger partial charge < -0.3 is 5.32 Å². The molecule has 0 spiro atoms. The molecule has 1 aromatic carbocycles. The summed E-state index contributed by atoms with van der Waals surface area (Å²) in [6.45, 7) is 1.95. The van der Waals surface area contributed by atoms with Gasteiger partial charge in [0.15, 0.2) is 0 Å². The highest BCUT2D eigenvalue weighted by atomic mass is 35.5. The minimum atomic E-state index is -3.31. The lowest BCUT2D eigenvalue weighted by Crippen LogP contribution is -2.16. The van der Waals surface area contributed by atoms with Crippen LogP contribution in [0.4, 0.5) is 17.2 Å². The van der Waals surface area contributed by atoms with Crippen molar-refractivity contribution in [2.45, 2.75) is 19.8 Å². The zero-order valence-corrected chi connectivity index (χ0v) is 13.8. The van der Waals surface area contributed by atoms with Crippen molar-refractivity contribution in [3.8, 4) is 0 Å². The van der Waals surface area contributed by atoms with E-state index in [-0.39, 0.29) is 5.75 Å². The fourth-order valence-electron chi connectivity index (χ4n) is 1.79. The van der Waals surface area contributed by atoms with Crippen LogP contribution in [-0.4, -0.2) is 19.2 Å². The number of hydrogen-bond donors (Lipinski definition) is 2. The van der Waals surface area contributed by atoms with Gasteiger partial charge in [-0.05, 0) is 30.7 Å². The molecule has 0 saturated carbocycles. The second-order valence-corrected chi connectivity index (χ2v) is 7.06. The van der Waals surface area contributed by atoms with Crippen molar-refractivity contribution in [2.75, 3.05) is 15.8 Å². The maximum atomic E-state index is 11.8. The van der Waals surface area contributed by atoms with E-state index in [1.807, 2.05) is 25.1 Å². The molecule has 7 heteroatoms. The fourth-order valence-corrected chi connectivity index (χ4v) is 3.23. The second-order valence-electron chi connectivity index (χ2n) is 4.81. The predicted molar refractivity (Wildman–Crippen MR) is 91.3 cm³/mol. The molecule has 0 aliphatic heterocycles. The van der Waals surface area contributed by atoms with Crippen molar-refractivity contribution in [1.82, 2.24) is 4.98 Å². The molecule has 0 atom stereocenters. The van der Waals surface area contributed by atoms with E-state index in [9.17, 15) is 8.42 Å². The zero-order valence-electron chi connectivity index (χ0n) is 12.2. The molecule has 0 fully saturated rings. The number of sulfonamides is 1. The van der Waals surface area contributed by atoms with Gasteiger partial charge in [-0.15, -0.1) is 0 Å². The second kappa shape index (κ2) is 7.47. The average molecular weight is 340 g/mol. The largest absolute Gasteiger partial charge is 0.339 e. The monoisotopic (exact) mass is 339 g/mol. The van der Waals surface area contributed by atoms with E-state index in [0.29, 0.717) is 22.9 Å². The molecular formula is C15H18ClN3O2S. The average Bonchev–Trinajstić information content (AvgIpc) is 2.49. The van der Waals surface area contributed by atoms with E-state index >= 15 is 0 Å². The highest BCUT2D eigenvalue weighted by Gasteiger charge is 2.09. The first kappa shape index (κ1) is 16.6. The summed E-state index contributed by atoms with van der Waals surface area (Å²) in [5.74, 6) is 0.702. The van der Waals surface area contributed by atoms with Crippen molar-refractivity contribution in [1.29, 1.82) is 0 Å². The Morgan fingerprint density at radius 2 is 1.95 bits per heavy atom. The lowest BCUT2D eigenvalue weighted by molar-refractivity contribution is 0.598. The molecule has 5 nitrogen and oxygen atoms in total. The summed E-state index contributed by atoms with van der Waals surface area (Å²) in [6.07, 6.45) is 2.94. The van der Waals surface area contributed by atoms with Crippen molar-refractivity contribution in [3.05, 3.63) is 47.6 Å². The fraction of sp³-hybridized carbons (Fsp3) is 0.267. The lowest BCUT2D eigenvalue weighted by Gasteiger charge is -2.09. The van der Waals surface area contributed by atoms with Gasteiger partial charge in [-0.2, -0.15) is 0 Å². The number of nitrogens with zero attached hydrogens (tertiary/aromatic N) is 1. The summed E-state index contributed by atoms with van der Waals surface area (Å²) in [7, 11) is -3.31. The molecule has 2 aromatic rings. The number of para-hydroxylation sites is 1. The van der Waals surface area contributed by atoms with E-state index in [2.05, 4.69) is 15.0 Å². The van der Waals surface area contributed by atoms with Gasteiger partial charge in [0.1, 0.15) is 5.82 Å². The third-order valence-electron chi connectivity index (χ3n) is 2.94. The summed E-state index contributed by atoms with van der Waals surface area (Å²) >= 11 is 6.06. The first-order chi connectivity index (χ1) is 10.5. The summed E-state index contributed by atoms with van der Waals surface area (Å²) in [5, 5.41) is 3.67. The van der Waals surface area contributed by atoms with Crippen LogP contribution in [0.25, 0.3) is 0 Å². The van der Waals surface area contributed by atoms with Crippen LogP contribution < -0.4 is 10.0 Å².